The normalized spacial score (nSPS) is 21.9. The molecule has 1 N–H and O–H groups in total. The third kappa shape index (κ3) is 2.97. The van der Waals surface area contributed by atoms with Gasteiger partial charge in [0.1, 0.15) is 0 Å². The molecule has 17 heavy (non-hydrogen) atoms. The molecule has 1 aliphatic heterocycles. The second-order valence-corrected chi connectivity index (χ2v) is 5.48. The highest BCUT2D eigenvalue weighted by Gasteiger charge is 2.21. The van der Waals surface area contributed by atoms with Crippen LogP contribution in [-0.4, -0.2) is 40.3 Å². The predicted molar refractivity (Wildman–Crippen MR) is 69.6 cm³/mol. The van der Waals surface area contributed by atoms with Crippen molar-refractivity contribution in [2.75, 3.05) is 19.7 Å². The van der Waals surface area contributed by atoms with Crippen LogP contribution in [0.5, 0.6) is 0 Å². The van der Waals surface area contributed by atoms with Crippen molar-refractivity contribution in [2.45, 2.75) is 38.8 Å². The molecular formula is C12H20N2O2S. The van der Waals surface area contributed by atoms with E-state index in [1.54, 1.807) is 0 Å². The fourth-order valence-corrected chi connectivity index (χ4v) is 3.23. The molecule has 0 aliphatic carbocycles. The van der Waals surface area contributed by atoms with Crippen LogP contribution in [0.3, 0.4) is 0 Å². The maximum absolute atomic E-state index is 11.6. The molecule has 2 heterocycles. The van der Waals surface area contributed by atoms with E-state index >= 15 is 0 Å². The molecule has 0 amide bonds. The molecule has 1 fully saturated rings. The largest absolute Gasteiger partial charge is 0.395 e. The number of aromatic nitrogens is 1. The number of aliphatic hydroxyl groups is 1. The SMILES string of the molecule is Cc1csc(=O)n1CCN1CCCCC1CO. The molecule has 1 saturated heterocycles. The van der Waals surface area contributed by atoms with E-state index in [2.05, 4.69) is 4.90 Å². The van der Waals surface area contributed by atoms with Gasteiger partial charge in [-0.25, -0.2) is 0 Å². The summed E-state index contributed by atoms with van der Waals surface area (Å²) in [5, 5.41) is 11.2. The van der Waals surface area contributed by atoms with E-state index in [9.17, 15) is 9.90 Å². The first kappa shape index (κ1) is 12.8. The number of hydrogen-bond donors (Lipinski definition) is 1. The minimum atomic E-state index is 0.125. The van der Waals surface area contributed by atoms with E-state index in [0.29, 0.717) is 6.04 Å². The van der Waals surface area contributed by atoms with Crippen molar-refractivity contribution in [3.05, 3.63) is 20.7 Å². The van der Waals surface area contributed by atoms with Gasteiger partial charge in [-0.15, -0.1) is 0 Å². The smallest absolute Gasteiger partial charge is 0.307 e. The Balaban J connectivity index is 1.95. The summed E-state index contributed by atoms with van der Waals surface area (Å²) in [4.78, 5) is 14.0. The minimum absolute atomic E-state index is 0.125. The molecule has 0 aromatic carbocycles. The number of aliphatic hydroxyl groups excluding tert-OH is 1. The van der Waals surface area contributed by atoms with E-state index in [0.717, 1.165) is 31.7 Å². The number of likely N-dealkylation sites (tertiary alicyclic amines) is 1. The van der Waals surface area contributed by atoms with Gasteiger partial charge in [0, 0.05) is 30.2 Å². The van der Waals surface area contributed by atoms with Gasteiger partial charge < -0.3 is 9.67 Å². The van der Waals surface area contributed by atoms with Crippen LogP contribution in [-0.2, 0) is 6.54 Å². The quantitative estimate of drug-likeness (QED) is 0.876. The average Bonchev–Trinajstić information content (AvgIpc) is 2.67. The molecule has 0 saturated carbocycles. The van der Waals surface area contributed by atoms with Crippen molar-refractivity contribution in [1.82, 2.24) is 9.47 Å². The zero-order valence-corrected chi connectivity index (χ0v) is 11.1. The first-order valence-electron chi connectivity index (χ1n) is 6.22. The highest BCUT2D eigenvalue weighted by molar-refractivity contribution is 7.07. The lowest BCUT2D eigenvalue weighted by atomic mass is 10.0. The summed E-state index contributed by atoms with van der Waals surface area (Å²) in [5.41, 5.74) is 1.04. The predicted octanol–water partition coefficient (Wildman–Crippen LogP) is 1.07. The van der Waals surface area contributed by atoms with Gasteiger partial charge in [0.05, 0.1) is 6.61 Å². The fraction of sp³-hybridized carbons (Fsp3) is 0.750. The summed E-state index contributed by atoms with van der Waals surface area (Å²) in [6.45, 7) is 4.85. The molecule has 1 aliphatic rings. The van der Waals surface area contributed by atoms with E-state index in [-0.39, 0.29) is 11.5 Å². The van der Waals surface area contributed by atoms with Gasteiger partial charge in [-0.2, -0.15) is 0 Å². The second kappa shape index (κ2) is 5.80. The monoisotopic (exact) mass is 256 g/mol. The van der Waals surface area contributed by atoms with Gasteiger partial charge >= 0.3 is 4.87 Å². The van der Waals surface area contributed by atoms with Gasteiger partial charge in [0.2, 0.25) is 0 Å². The number of aryl methyl sites for hydroxylation is 1. The van der Waals surface area contributed by atoms with E-state index in [4.69, 9.17) is 0 Å². The summed E-state index contributed by atoms with van der Waals surface area (Å²) in [7, 11) is 0. The van der Waals surface area contributed by atoms with Gasteiger partial charge in [0.15, 0.2) is 0 Å². The third-order valence-electron chi connectivity index (χ3n) is 3.55. The van der Waals surface area contributed by atoms with Crippen molar-refractivity contribution in [3.63, 3.8) is 0 Å². The Kier molecular flexibility index (Phi) is 4.36. The third-order valence-corrected chi connectivity index (χ3v) is 4.43. The van der Waals surface area contributed by atoms with Crippen molar-refractivity contribution in [2.24, 2.45) is 0 Å². The molecule has 5 heteroatoms. The number of piperidine rings is 1. The van der Waals surface area contributed by atoms with Gasteiger partial charge in [-0.05, 0) is 26.3 Å². The first-order valence-corrected chi connectivity index (χ1v) is 7.10. The van der Waals surface area contributed by atoms with Gasteiger partial charge in [-0.1, -0.05) is 17.8 Å². The van der Waals surface area contributed by atoms with Crippen LogP contribution in [0.1, 0.15) is 25.0 Å². The highest BCUT2D eigenvalue weighted by atomic mass is 32.1. The lowest BCUT2D eigenvalue weighted by Gasteiger charge is -2.34. The summed E-state index contributed by atoms with van der Waals surface area (Å²) in [5.74, 6) is 0. The molecule has 2 rings (SSSR count). The fourth-order valence-electron chi connectivity index (χ4n) is 2.46. The Bertz CT molecular complexity index is 413. The number of nitrogens with zero attached hydrogens (tertiary/aromatic N) is 2. The standard InChI is InChI=1S/C12H20N2O2S/c1-10-9-17-12(16)14(10)7-6-13-5-3-2-4-11(13)8-15/h9,11,15H,2-8H2,1H3. The van der Waals surface area contributed by atoms with Gasteiger partial charge in [-0.3, -0.25) is 9.69 Å². The Morgan fingerprint density at radius 3 is 2.94 bits per heavy atom. The lowest BCUT2D eigenvalue weighted by Crippen LogP contribution is -2.43. The molecule has 96 valence electrons. The molecule has 1 aromatic rings. The van der Waals surface area contributed by atoms with E-state index in [1.807, 2.05) is 16.9 Å². The number of thiazole rings is 1. The Morgan fingerprint density at radius 2 is 2.29 bits per heavy atom. The van der Waals surface area contributed by atoms with Crippen LogP contribution in [0.2, 0.25) is 0 Å². The summed E-state index contributed by atoms with van der Waals surface area (Å²) < 4.78 is 1.83. The summed E-state index contributed by atoms with van der Waals surface area (Å²) in [6, 6.07) is 0.290. The topological polar surface area (TPSA) is 45.5 Å². The zero-order chi connectivity index (χ0) is 12.3. The van der Waals surface area contributed by atoms with Crippen molar-refractivity contribution in [1.29, 1.82) is 0 Å². The molecule has 1 aromatic heterocycles. The molecule has 1 unspecified atom stereocenters. The van der Waals surface area contributed by atoms with Crippen molar-refractivity contribution < 1.29 is 5.11 Å². The minimum Gasteiger partial charge on any atom is -0.395 e. The average molecular weight is 256 g/mol. The van der Waals surface area contributed by atoms with Crippen LogP contribution in [0, 0.1) is 6.92 Å². The lowest BCUT2D eigenvalue weighted by molar-refractivity contribution is 0.0869. The Morgan fingerprint density at radius 1 is 1.47 bits per heavy atom. The number of hydrogen-bond acceptors (Lipinski definition) is 4. The van der Waals surface area contributed by atoms with Crippen LogP contribution >= 0.6 is 11.3 Å². The van der Waals surface area contributed by atoms with Crippen LogP contribution in [0.15, 0.2) is 10.2 Å². The first-order chi connectivity index (χ1) is 8.22. The van der Waals surface area contributed by atoms with Crippen molar-refractivity contribution >= 4 is 11.3 Å². The Labute approximate surface area is 105 Å². The molecule has 1 atom stereocenters. The summed E-state index contributed by atoms with van der Waals surface area (Å²) >= 11 is 1.26. The van der Waals surface area contributed by atoms with Crippen LogP contribution < -0.4 is 4.87 Å². The molecule has 0 radical (unpaired) electrons. The maximum atomic E-state index is 11.6. The van der Waals surface area contributed by atoms with Gasteiger partial charge in [0.25, 0.3) is 0 Å². The maximum Gasteiger partial charge on any atom is 0.307 e. The zero-order valence-electron chi connectivity index (χ0n) is 10.3. The second-order valence-electron chi connectivity index (χ2n) is 4.66. The summed E-state index contributed by atoms with van der Waals surface area (Å²) in [6.07, 6.45) is 3.49. The number of rotatable bonds is 4. The van der Waals surface area contributed by atoms with E-state index in [1.165, 1.54) is 24.2 Å². The molecular weight excluding hydrogens is 236 g/mol. The molecule has 0 spiro atoms. The molecule has 0 bridgehead atoms. The van der Waals surface area contributed by atoms with Crippen LogP contribution in [0.25, 0.3) is 0 Å². The Hall–Kier alpha value is -0.650. The van der Waals surface area contributed by atoms with E-state index < -0.39 is 0 Å². The van der Waals surface area contributed by atoms with Crippen LogP contribution in [0.4, 0.5) is 0 Å². The highest BCUT2D eigenvalue weighted by Crippen LogP contribution is 2.16. The van der Waals surface area contributed by atoms with Crippen molar-refractivity contribution in [3.8, 4) is 0 Å². The molecule has 4 nitrogen and oxygen atoms in total.